The van der Waals surface area contributed by atoms with Gasteiger partial charge >= 0.3 is 0 Å². The smallest absolute Gasteiger partial charge is 0.226 e. The fraction of sp³-hybridized carbons (Fsp3) is 0.650. The van der Waals surface area contributed by atoms with Crippen LogP contribution in [0.15, 0.2) is 18.2 Å². The lowest BCUT2D eigenvalue weighted by molar-refractivity contribution is -0.173. The normalized spacial score (nSPS) is 37.0. The van der Waals surface area contributed by atoms with Crippen molar-refractivity contribution >= 4 is 5.91 Å². The number of primary amides is 1. The fourth-order valence-corrected chi connectivity index (χ4v) is 4.62. The minimum Gasteiger partial charge on any atom is -0.497 e. The highest BCUT2D eigenvalue weighted by atomic mass is 16.5. The van der Waals surface area contributed by atoms with Crippen LogP contribution in [0.1, 0.15) is 37.8 Å². The summed E-state index contributed by atoms with van der Waals surface area (Å²) < 4.78 is 11.2. The number of rotatable bonds is 3. The summed E-state index contributed by atoms with van der Waals surface area (Å²) in [6, 6.07) is 5.90. The van der Waals surface area contributed by atoms with Gasteiger partial charge in [-0.05, 0) is 56.5 Å². The highest BCUT2D eigenvalue weighted by Crippen LogP contribution is 2.47. The molecule has 0 aromatic heterocycles. The number of benzene rings is 1. The highest BCUT2D eigenvalue weighted by molar-refractivity contribution is 5.82. The third-order valence-electron chi connectivity index (χ3n) is 6.80. The van der Waals surface area contributed by atoms with Crippen LogP contribution < -0.4 is 15.8 Å². The number of fused-ring (bicyclic) bond motifs is 2. The number of hydrogen-bond acceptors (Lipinski definition) is 5. The van der Waals surface area contributed by atoms with E-state index in [9.17, 15) is 9.90 Å². The van der Waals surface area contributed by atoms with E-state index >= 15 is 0 Å². The molecule has 1 saturated heterocycles. The van der Waals surface area contributed by atoms with Crippen LogP contribution in [0.3, 0.4) is 0 Å². The number of carbonyl (C=O) groups is 1. The maximum Gasteiger partial charge on any atom is 0.226 e. The number of amides is 1. The minimum absolute atomic E-state index is 0.102. The number of aliphatic hydroxyl groups is 1. The Balaban J connectivity index is 2.02. The number of nitrogens with two attached hydrogens (primary N) is 1. The van der Waals surface area contributed by atoms with Crippen molar-refractivity contribution in [2.24, 2.45) is 11.1 Å². The molecule has 144 valence electrons. The summed E-state index contributed by atoms with van der Waals surface area (Å²) in [4.78, 5) is 12.3. The van der Waals surface area contributed by atoms with Crippen molar-refractivity contribution in [3.05, 3.63) is 29.3 Å². The van der Waals surface area contributed by atoms with Gasteiger partial charge in [0.1, 0.15) is 5.75 Å². The van der Waals surface area contributed by atoms with Gasteiger partial charge in [0.25, 0.3) is 0 Å². The van der Waals surface area contributed by atoms with Crippen LogP contribution in [0.25, 0.3) is 0 Å². The van der Waals surface area contributed by atoms with Gasteiger partial charge in [0.2, 0.25) is 5.91 Å². The molecule has 0 radical (unpaired) electrons. The molecule has 0 bridgehead atoms. The molecule has 0 saturated carbocycles. The first-order valence-corrected chi connectivity index (χ1v) is 9.14. The SMILES string of the molecule is COc1ccc2c(c1)C[C@@]1(O)CC(C)(OC)C(C)(C(N)=O)CCN[C@@H]1C2. The predicted molar refractivity (Wildman–Crippen MR) is 99.1 cm³/mol. The fourth-order valence-electron chi connectivity index (χ4n) is 4.62. The van der Waals surface area contributed by atoms with Crippen LogP contribution >= 0.6 is 0 Å². The maximum atomic E-state index is 12.3. The number of hydrogen-bond donors (Lipinski definition) is 3. The van der Waals surface area contributed by atoms with Crippen LogP contribution in [-0.2, 0) is 22.4 Å². The van der Waals surface area contributed by atoms with E-state index in [0.29, 0.717) is 25.8 Å². The Kier molecular flexibility index (Phi) is 4.80. The van der Waals surface area contributed by atoms with Crippen LogP contribution in [0.5, 0.6) is 5.75 Å². The first-order valence-electron chi connectivity index (χ1n) is 9.14. The molecule has 0 spiro atoms. The van der Waals surface area contributed by atoms with Gasteiger partial charge in [-0.3, -0.25) is 4.79 Å². The molecule has 2 aliphatic rings. The molecule has 1 amide bonds. The van der Waals surface area contributed by atoms with Gasteiger partial charge in [-0.15, -0.1) is 0 Å². The number of ether oxygens (including phenoxy) is 2. The van der Waals surface area contributed by atoms with Crippen molar-refractivity contribution in [2.75, 3.05) is 20.8 Å². The molecule has 1 fully saturated rings. The molecule has 1 aromatic carbocycles. The molecular formula is C20H30N2O4. The van der Waals surface area contributed by atoms with Gasteiger partial charge in [0.15, 0.2) is 0 Å². The first-order chi connectivity index (χ1) is 12.2. The Hall–Kier alpha value is -1.63. The van der Waals surface area contributed by atoms with Crippen molar-refractivity contribution in [3.8, 4) is 5.75 Å². The standard InChI is InChI=1S/C20H30N2O4/c1-18(17(21)23)7-8-22-16-10-13-5-6-15(25-3)9-14(13)11-20(16,24)12-19(18,2)26-4/h5-6,9,16,22,24H,7-8,10-12H2,1-4H3,(H2,21,23)/t16-,18?,19?,20-/m1/s1. The van der Waals surface area contributed by atoms with Crippen LogP contribution in [0, 0.1) is 5.41 Å². The van der Waals surface area contributed by atoms with Gasteiger partial charge in [-0.25, -0.2) is 0 Å². The lowest BCUT2D eigenvalue weighted by Gasteiger charge is -2.53. The predicted octanol–water partition coefficient (Wildman–Crippen LogP) is 1.17. The molecule has 26 heavy (non-hydrogen) atoms. The zero-order valence-corrected chi connectivity index (χ0v) is 16.1. The first kappa shape index (κ1) is 19.1. The van der Waals surface area contributed by atoms with Crippen LogP contribution in [0.2, 0.25) is 0 Å². The van der Waals surface area contributed by atoms with E-state index in [-0.39, 0.29) is 6.04 Å². The molecule has 4 N–H and O–H groups in total. The van der Waals surface area contributed by atoms with Crippen molar-refractivity contribution in [2.45, 2.75) is 56.8 Å². The summed E-state index contributed by atoms with van der Waals surface area (Å²) in [5.41, 5.74) is 5.27. The molecule has 2 unspecified atom stereocenters. The van der Waals surface area contributed by atoms with Gasteiger partial charge in [-0.1, -0.05) is 6.07 Å². The Morgan fingerprint density at radius 2 is 2.04 bits per heavy atom. The Morgan fingerprint density at radius 1 is 1.31 bits per heavy atom. The number of nitrogens with one attached hydrogen (secondary N) is 1. The Labute approximate surface area is 155 Å². The number of carbonyl (C=O) groups excluding carboxylic acids is 1. The van der Waals surface area contributed by atoms with E-state index < -0.39 is 22.5 Å². The van der Waals surface area contributed by atoms with Gasteiger partial charge < -0.3 is 25.6 Å². The van der Waals surface area contributed by atoms with E-state index in [1.54, 1.807) is 14.2 Å². The van der Waals surface area contributed by atoms with Gasteiger partial charge in [0.05, 0.1) is 23.7 Å². The minimum atomic E-state index is -1.04. The quantitative estimate of drug-likeness (QED) is 0.751. The summed E-state index contributed by atoms with van der Waals surface area (Å²) in [5, 5.41) is 15.1. The molecule has 6 heteroatoms. The topological polar surface area (TPSA) is 93.8 Å². The molecule has 1 aliphatic heterocycles. The van der Waals surface area contributed by atoms with Gasteiger partial charge in [0, 0.05) is 26.0 Å². The molecule has 6 nitrogen and oxygen atoms in total. The summed E-state index contributed by atoms with van der Waals surface area (Å²) >= 11 is 0. The molecule has 1 aromatic rings. The summed E-state index contributed by atoms with van der Waals surface area (Å²) in [5.74, 6) is 0.379. The van der Waals surface area contributed by atoms with E-state index in [1.165, 1.54) is 5.56 Å². The summed E-state index contributed by atoms with van der Waals surface area (Å²) in [7, 11) is 3.23. The second-order valence-corrected chi connectivity index (χ2v) is 8.18. The van der Waals surface area contributed by atoms with Crippen molar-refractivity contribution in [1.29, 1.82) is 0 Å². The van der Waals surface area contributed by atoms with Crippen molar-refractivity contribution < 1.29 is 19.4 Å². The monoisotopic (exact) mass is 362 g/mol. The highest BCUT2D eigenvalue weighted by Gasteiger charge is 2.56. The zero-order valence-electron chi connectivity index (χ0n) is 16.1. The molecule has 3 rings (SSSR count). The van der Waals surface area contributed by atoms with E-state index in [2.05, 4.69) is 11.4 Å². The zero-order chi connectivity index (χ0) is 19.2. The van der Waals surface area contributed by atoms with E-state index in [1.807, 2.05) is 26.0 Å². The molecule has 4 atom stereocenters. The summed E-state index contributed by atoms with van der Waals surface area (Å²) in [6.07, 6.45) is 2.09. The van der Waals surface area contributed by atoms with Crippen molar-refractivity contribution in [3.63, 3.8) is 0 Å². The van der Waals surface area contributed by atoms with Gasteiger partial charge in [-0.2, -0.15) is 0 Å². The average molecular weight is 362 g/mol. The number of methoxy groups -OCH3 is 2. The summed E-state index contributed by atoms with van der Waals surface area (Å²) in [6.45, 7) is 4.32. The lowest BCUT2D eigenvalue weighted by atomic mass is 9.61. The Bertz CT molecular complexity index is 709. The third-order valence-corrected chi connectivity index (χ3v) is 6.80. The Morgan fingerprint density at radius 3 is 2.65 bits per heavy atom. The molecule has 1 aliphatic carbocycles. The third kappa shape index (κ3) is 2.90. The lowest BCUT2D eigenvalue weighted by Crippen LogP contribution is -2.66. The second-order valence-electron chi connectivity index (χ2n) is 8.18. The molecule has 1 heterocycles. The second kappa shape index (κ2) is 6.51. The van der Waals surface area contributed by atoms with Crippen LogP contribution in [-0.4, -0.2) is 49.0 Å². The average Bonchev–Trinajstić information content (AvgIpc) is 2.60. The van der Waals surface area contributed by atoms with E-state index in [0.717, 1.165) is 17.7 Å². The largest absolute Gasteiger partial charge is 0.497 e. The van der Waals surface area contributed by atoms with Crippen molar-refractivity contribution in [1.82, 2.24) is 5.32 Å². The maximum absolute atomic E-state index is 12.3. The van der Waals surface area contributed by atoms with Crippen LogP contribution in [0.4, 0.5) is 0 Å². The molecular weight excluding hydrogens is 332 g/mol. The van der Waals surface area contributed by atoms with E-state index in [4.69, 9.17) is 15.2 Å².